The summed E-state index contributed by atoms with van der Waals surface area (Å²) in [6.45, 7) is 5.78. The minimum absolute atomic E-state index is 0.735. The highest BCUT2D eigenvalue weighted by atomic mass is 14.9. The van der Waals surface area contributed by atoms with Gasteiger partial charge in [0, 0.05) is 30.9 Å². The molecule has 0 aliphatic heterocycles. The maximum absolute atomic E-state index is 4.04. The fraction of sp³-hybridized carbons (Fsp3) is 0.786. The summed E-state index contributed by atoms with van der Waals surface area (Å²) in [5.41, 5.74) is 1.23. The highest BCUT2D eigenvalue weighted by molar-refractivity contribution is 4.94. The van der Waals surface area contributed by atoms with E-state index in [2.05, 4.69) is 29.1 Å². The van der Waals surface area contributed by atoms with E-state index in [1.54, 1.807) is 6.33 Å². The molecular formula is C14H25N3. The zero-order chi connectivity index (χ0) is 12.1. The van der Waals surface area contributed by atoms with Gasteiger partial charge in [0.25, 0.3) is 0 Å². The summed E-state index contributed by atoms with van der Waals surface area (Å²) in [7, 11) is 0. The predicted molar refractivity (Wildman–Crippen MR) is 70.9 cm³/mol. The quantitative estimate of drug-likeness (QED) is 0.824. The van der Waals surface area contributed by atoms with E-state index in [1.807, 2.05) is 6.20 Å². The van der Waals surface area contributed by atoms with Gasteiger partial charge in [-0.15, -0.1) is 0 Å². The van der Waals surface area contributed by atoms with Crippen LogP contribution < -0.4 is 5.32 Å². The van der Waals surface area contributed by atoms with Crippen molar-refractivity contribution in [3.8, 4) is 0 Å². The average Bonchev–Trinajstić information content (AvgIpc) is 2.82. The number of aromatic amines is 1. The molecule has 2 N–H and O–H groups in total. The van der Waals surface area contributed by atoms with Gasteiger partial charge in [0.2, 0.25) is 0 Å². The number of hydrogen-bond donors (Lipinski definition) is 2. The van der Waals surface area contributed by atoms with Gasteiger partial charge in [-0.25, -0.2) is 4.98 Å². The molecule has 2 atom stereocenters. The zero-order valence-corrected chi connectivity index (χ0v) is 11.1. The van der Waals surface area contributed by atoms with Gasteiger partial charge < -0.3 is 10.3 Å². The van der Waals surface area contributed by atoms with Crippen molar-refractivity contribution >= 4 is 0 Å². The lowest BCUT2D eigenvalue weighted by Crippen LogP contribution is -2.36. The molecular weight excluding hydrogens is 210 g/mol. The molecule has 1 aliphatic carbocycles. The second-order valence-electron chi connectivity index (χ2n) is 5.65. The lowest BCUT2D eigenvalue weighted by Gasteiger charge is -2.32. The maximum atomic E-state index is 4.04. The van der Waals surface area contributed by atoms with E-state index in [4.69, 9.17) is 0 Å². The van der Waals surface area contributed by atoms with E-state index in [0.29, 0.717) is 0 Å². The van der Waals surface area contributed by atoms with Gasteiger partial charge in [-0.05, 0) is 24.7 Å². The highest BCUT2D eigenvalue weighted by Gasteiger charge is 2.23. The number of hydrogen-bond acceptors (Lipinski definition) is 2. The van der Waals surface area contributed by atoms with Crippen LogP contribution in [0.1, 0.15) is 45.2 Å². The molecule has 0 bridgehead atoms. The van der Waals surface area contributed by atoms with Crippen molar-refractivity contribution in [1.29, 1.82) is 0 Å². The van der Waals surface area contributed by atoms with Crippen molar-refractivity contribution in [2.75, 3.05) is 6.54 Å². The van der Waals surface area contributed by atoms with Crippen molar-refractivity contribution in [2.24, 2.45) is 11.8 Å². The molecule has 3 heteroatoms. The van der Waals surface area contributed by atoms with Gasteiger partial charge in [-0.2, -0.15) is 0 Å². The molecule has 1 aromatic rings. The Bertz CT molecular complexity index is 305. The largest absolute Gasteiger partial charge is 0.348 e. The molecule has 1 aliphatic rings. The van der Waals surface area contributed by atoms with Gasteiger partial charge in [0.15, 0.2) is 0 Å². The summed E-state index contributed by atoms with van der Waals surface area (Å²) in [6, 6.07) is 0.735. The molecule has 1 fully saturated rings. The second-order valence-corrected chi connectivity index (χ2v) is 5.65. The predicted octanol–water partition coefficient (Wildman–Crippen LogP) is 2.76. The molecule has 1 heterocycles. The van der Waals surface area contributed by atoms with Gasteiger partial charge in [-0.1, -0.05) is 26.7 Å². The molecule has 3 nitrogen and oxygen atoms in total. The monoisotopic (exact) mass is 235 g/mol. The van der Waals surface area contributed by atoms with Crippen molar-refractivity contribution < 1.29 is 0 Å². The smallest absolute Gasteiger partial charge is 0.0921 e. The van der Waals surface area contributed by atoms with E-state index >= 15 is 0 Å². The van der Waals surface area contributed by atoms with Crippen LogP contribution in [0.2, 0.25) is 0 Å². The third-order valence-electron chi connectivity index (χ3n) is 4.04. The third-order valence-corrected chi connectivity index (χ3v) is 4.04. The SMILES string of the molecule is CC(C)C1CCCC(NCCc2cnc[nH]2)C1. The number of aromatic nitrogens is 2. The lowest BCUT2D eigenvalue weighted by atomic mass is 9.79. The van der Waals surface area contributed by atoms with Crippen LogP contribution in [-0.2, 0) is 6.42 Å². The van der Waals surface area contributed by atoms with E-state index in [1.165, 1.54) is 31.4 Å². The van der Waals surface area contributed by atoms with Crippen molar-refractivity contribution in [2.45, 2.75) is 52.0 Å². The Morgan fingerprint density at radius 3 is 3.06 bits per heavy atom. The van der Waals surface area contributed by atoms with Crippen molar-refractivity contribution in [3.05, 3.63) is 18.2 Å². The molecule has 1 saturated carbocycles. The standard InChI is InChI=1S/C14H25N3/c1-11(2)12-4-3-5-13(8-12)16-7-6-14-9-15-10-17-14/h9-13,16H,3-8H2,1-2H3,(H,15,17). The number of nitrogens with one attached hydrogen (secondary N) is 2. The van der Waals surface area contributed by atoms with E-state index in [-0.39, 0.29) is 0 Å². The van der Waals surface area contributed by atoms with Crippen molar-refractivity contribution in [1.82, 2.24) is 15.3 Å². The molecule has 2 rings (SSSR count). The van der Waals surface area contributed by atoms with E-state index in [9.17, 15) is 0 Å². The number of imidazole rings is 1. The average molecular weight is 235 g/mol. The van der Waals surface area contributed by atoms with Crippen LogP contribution >= 0.6 is 0 Å². The molecule has 2 unspecified atom stereocenters. The Balaban J connectivity index is 1.68. The normalized spacial score (nSPS) is 25.4. The summed E-state index contributed by atoms with van der Waals surface area (Å²) >= 11 is 0. The minimum Gasteiger partial charge on any atom is -0.348 e. The van der Waals surface area contributed by atoms with Crippen LogP contribution in [0.15, 0.2) is 12.5 Å². The zero-order valence-electron chi connectivity index (χ0n) is 11.1. The Hall–Kier alpha value is -0.830. The first kappa shape index (κ1) is 12.6. The molecule has 0 amide bonds. The highest BCUT2D eigenvalue weighted by Crippen LogP contribution is 2.29. The topological polar surface area (TPSA) is 40.7 Å². The maximum Gasteiger partial charge on any atom is 0.0921 e. The van der Waals surface area contributed by atoms with Crippen LogP contribution in [0, 0.1) is 11.8 Å². The van der Waals surface area contributed by atoms with Crippen LogP contribution in [-0.4, -0.2) is 22.6 Å². The van der Waals surface area contributed by atoms with Crippen LogP contribution in [0.5, 0.6) is 0 Å². The van der Waals surface area contributed by atoms with Gasteiger partial charge >= 0.3 is 0 Å². The molecule has 0 spiro atoms. The Morgan fingerprint density at radius 1 is 1.47 bits per heavy atom. The van der Waals surface area contributed by atoms with Gasteiger partial charge in [0.1, 0.15) is 0 Å². The summed E-state index contributed by atoms with van der Waals surface area (Å²) < 4.78 is 0. The van der Waals surface area contributed by atoms with Crippen LogP contribution in [0.4, 0.5) is 0 Å². The lowest BCUT2D eigenvalue weighted by molar-refractivity contribution is 0.232. The summed E-state index contributed by atoms with van der Waals surface area (Å²) in [5.74, 6) is 1.76. The fourth-order valence-electron chi connectivity index (χ4n) is 2.85. The molecule has 96 valence electrons. The summed E-state index contributed by atoms with van der Waals surface area (Å²) in [5, 5.41) is 3.70. The molecule has 1 aromatic heterocycles. The number of nitrogens with zero attached hydrogens (tertiary/aromatic N) is 1. The molecule has 17 heavy (non-hydrogen) atoms. The Morgan fingerprint density at radius 2 is 2.35 bits per heavy atom. The second kappa shape index (κ2) is 6.20. The summed E-state index contributed by atoms with van der Waals surface area (Å²) in [6.07, 6.45) is 10.3. The van der Waals surface area contributed by atoms with Gasteiger partial charge in [0.05, 0.1) is 6.33 Å². The third kappa shape index (κ3) is 3.84. The first-order valence-electron chi connectivity index (χ1n) is 6.96. The van der Waals surface area contributed by atoms with Crippen LogP contribution in [0.3, 0.4) is 0 Å². The Kier molecular flexibility index (Phi) is 4.60. The van der Waals surface area contributed by atoms with Crippen LogP contribution in [0.25, 0.3) is 0 Å². The molecule has 0 saturated heterocycles. The minimum atomic E-state index is 0.735. The number of H-pyrrole nitrogens is 1. The first-order chi connectivity index (χ1) is 8.25. The van der Waals surface area contributed by atoms with E-state index < -0.39 is 0 Å². The Labute approximate surface area is 104 Å². The molecule has 0 aromatic carbocycles. The van der Waals surface area contributed by atoms with Crippen molar-refractivity contribution in [3.63, 3.8) is 0 Å². The first-order valence-corrected chi connectivity index (χ1v) is 6.96. The number of rotatable bonds is 5. The molecule has 0 radical (unpaired) electrons. The fourth-order valence-corrected chi connectivity index (χ4v) is 2.85. The van der Waals surface area contributed by atoms with E-state index in [0.717, 1.165) is 30.8 Å². The summed E-state index contributed by atoms with van der Waals surface area (Å²) in [4.78, 5) is 7.19. The van der Waals surface area contributed by atoms with Gasteiger partial charge in [-0.3, -0.25) is 0 Å².